The summed E-state index contributed by atoms with van der Waals surface area (Å²) >= 11 is 0. The van der Waals surface area contributed by atoms with Gasteiger partial charge >= 0.3 is 12.1 Å². The number of hydrogen-bond donors (Lipinski definition) is 0. The minimum atomic E-state index is -4.40. The number of carbonyl (C=O) groups is 2. The number of rotatable bonds is 7. The van der Waals surface area contributed by atoms with Crippen LogP contribution in [0.3, 0.4) is 0 Å². The predicted molar refractivity (Wildman–Crippen MR) is 123 cm³/mol. The van der Waals surface area contributed by atoms with Crippen molar-refractivity contribution in [3.05, 3.63) is 78.1 Å². The molecule has 10 heteroatoms. The van der Waals surface area contributed by atoms with Gasteiger partial charge in [0, 0.05) is 44.5 Å². The van der Waals surface area contributed by atoms with Gasteiger partial charge in [-0.2, -0.15) is 18.3 Å². The van der Waals surface area contributed by atoms with Crippen LogP contribution in [0.15, 0.2) is 67.0 Å². The summed E-state index contributed by atoms with van der Waals surface area (Å²) in [6.07, 6.45) is -0.306. The molecule has 1 aliphatic heterocycles. The third-order valence-electron chi connectivity index (χ3n) is 5.80. The second-order valence-electron chi connectivity index (χ2n) is 8.21. The normalized spacial score (nSPS) is 14.1. The molecule has 184 valence electrons. The molecule has 0 unspecified atom stereocenters. The van der Waals surface area contributed by atoms with Crippen molar-refractivity contribution >= 4 is 17.6 Å². The topological polar surface area (TPSA) is 67.7 Å². The minimum Gasteiger partial charge on any atom is -0.456 e. The number of para-hydroxylation sites is 1. The van der Waals surface area contributed by atoms with E-state index in [2.05, 4.69) is 5.10 Å². The number of carbonyl (C=O) groups excluding carboxylic acids is 2. The Morgan fingerprint density at radius 2 is 1.66 bits per heavy atom. The second kappa shape index (κ2) is 10.6. The molecule has 0 N–H and O–H groups in total. The maximum absolute atomic E-state index is 13.0. The van der Waals surface area contributed by atoms with Gasteiger partial charge in [0.1, 0.15) is 0 Å². The van der Waals surface area contributed by atoms with Crippen LogP contribution in [0.4, 0.5) is 18.9 Å². The van der Waals surface area contributed by atoms with Crippen molar-refractivity contribution in [1.29, 1.82) is 0 Å². The predicted octanol–water partition coefficient (Wildman–Crippen LogP) is 3.72. The number of halogens is 3. The van der Waals surface area contributed by atoms with Crippen LogP contribution in [0.2, 0.25) is 0 Å². The number of ether oxygens (including phenoxy) is 1. The van der Waals surface area contributed by atoms with Crippen molar-refractivity contribution in [2.24, 2.45) is 0 Å². The van der Waals surface area contributed by atoms with Crippen LogP contribution in [-0.4, -0.2) is 59.3 Å². The fraction of sp³-hybridized carbons (Fsp3) is 0.320. The highest BCUT2D eigenvalue weighted by atomic mass is 19.4. The molecule has 1 fully saturated rings. The van der Waals surface area contributed by atoms with Crippen LogP contribution in [-0.2, 0) is 26.9 Å². The lowest BCUT2D eigenvalue weighted by Crippen LogP contribution is -2.50. The highest BCUT2D eigenvalue weighted by Crippen LogP contribution is 2.31. The lowest BCUT2D eigenvalue weighted by atomic mass is 10.1. The van der Waals surface area contributed by atoms with Crippen molar-refractivity contribution in [3.8, 4) is 5.69 Å². The van der Waals surface area contributed by atoms with Crippen molar-refractivity contribution in [2.75, 3.05) is 37.7 Å². The Morgan fingerprint density at radius 3 is 2.37 bits per heavy atom. The molecule has 4 rings (SSSR count). The number of amides is 1. The first-order chi connectivity index (χ1) is 16.8. The number of hydrogen-bond acceptors (Lipinski definition) is 5. The number of aromatic nitrogens is 2. The molecule has 1 saturated heterocycles. The lowest BCUT2D eigenvalue weighted by Gasteiger charge is -2.36. The maximum Gasteiger partial charge on any atom is 0.416 e. The van der Waals surface area contributed by atoms with E-state index in [-0.39, 0.29) is 18.9 Å². The van der Waals surface area contributed by atoms with Gasteiger partial charge in [-0.05, 0) is 42.3 Å². The minimum absolute atomic E-state index is 0.122. The summed E-state index contributed by atoms with van der Waals surface area (Å²) in [5, 5.41) is 4.29. The first kappa shape index (κ1) is 24.3. The molecule has 1 amide bonds. The van der Waals surface area contributed by atoms with Crippen LogP contribution in [0, 0.1) is 0 Å². The summed E-state index contributed by atoms with van der Waals surface area (Å²) in [4.78, 5) is 27.9. The number of benzene rings is 2. The van der Waals surface area contributed by atoms with E-state index in [0.717, 1.165) is 23.4 Å². The zero-order chi connectivity index (χ0) is 24.8. The van der Waals surface area contributed by atoms with E-state index in [1.54, 1.807) is 26.7 Å². The number of nitrogens with zero attached hydrogens (tertiary/aromatic N) is 4. The molecule has 2 heterocycles. The fourth-order valence-corrected chi connectivity index (χ4v) is 3.86. The van der Waals surface area contributed by atoms with Crippen molar-refractivity contribution in [1.82, 2.24) is 14.7 Å². The Labute approximate surface area is 200 Å². The van der Waals surface area contributed by atoms with Gasteiger partial charge in [-0.25, -0.2) is 4.68 Å². The molecular formula is C25H25F3N4O3. The lowest BCUT2D eigenvalue weighted by molar-refractivity contribution is -0.152. The highest BCUT2D eigenvalue weighted by Gasteiger charge is 2.31. The molecule has 1 aromatic heterocycles. The summed E-state index contributed by atoms with van der Waals surface area (Å²) in [6, 6.07) is 14.7. The Kier molecular flexibility index (Phi) is 7.38. The van der Waals surface area contributed by atoms with Gasteiger partial charge in [0.25, 0.3) is 5.91 Å². The molecule has 3 aromatic rings. The second-order valence-corrected chi connectivity index (χ2v) is 8.21. The molecule has 0 bridgehead atoms. The van der Waals surface area contributed by atoms with Crippen LogP contribution < -0.4 is 4.90 Å². The third kappa shape index (κ3) is 6.40. The number of aryl methyl sites for hydroxylation is 1. The van der Waals surface area contributed by atoms with E-state index in [9.17, 15) is 22.8 Å². The van der Waals surface area contributed by atoms with Gasteiger partial charge in [-0.3, -0.25) is 9.59 Å². The summed E-state index contributed by atoms with van der Waals surface area (Å²) in [5.41, 5.74) is 1.56. The Bertz CT molecular complexity index is 1160. The van der Waals surface area contributed by atoms with E-state index in [1.807, 2.05) is 36.5 Å². The van der Waals surface area contributed by atoms with Crippen LogP contribution in [0.5, 0.6) is 0 Å². The third-order valence-corrected chi connectivity index (χ3v) is 5.80. The Balaban J connectivity index is 1.19. The number of anilines is 1. The molecular weight excluding hydrogens is 461 g/mol. The average molecular weight is 486 g/mol. The van der Waals surface area contributed by atoms with Crippen LogP contribution >= 0.6 is 0 Å². The molecule has 0 saturated carbocycles. The van der Waals surface area contributed by atoms with E-state index < -0.39 is 17.7 Å². The van der Waals surface area contributed by atoms with Gasteiger partial charge in [0.05, 0.1) is 17.4 Å². The molecule has 0 radical (unpaired) electrons. The van der Waals surface area contributed by atoms with Gasteiger partial charge < -0.3 is 14.5 Å². The molecule has 0 spiro atoms. The first-order valence-electron chi connectivity index (χ1n) is 11.2. The van der Waals surface area contributed by atoms with Crippen LogP contribution in [0.1, 0.15) is 17.5 Å². The summed E-state index contributed by atoms with van der Waals surface area (Å²) in [7, 11) is 0. The van der Waals surface area contributed by atoms with Gasteiger partial charge in [0.2, 0.25) is 0 Å². The smallest absolute Gasteiger partial charge is 0.416 e. The van der Waals surface area contributed by atoms with Crippen LogP contribution in [0.25, 0.3) is 5.69 Å². The number of alkyl halides is 3. The molecule has 35 heavy (non-hydrogen) atoms. The Hall–Kier alpha value is -3.82. The fourth-order valence-electron chi connectivity index (χ4n) is 3.86. The first-order valence-corrected chi connectivity index (χ1v) is 11.2. The SMILES string of the molecule is O=C(CCc1cnn(-c2ccccc2)c1)OCC(=O)N1CCN(c2cccc(C(F)(F)F)c2)CC1. The van der Waals surface area contributed by atoms with Gasteiger partial charge in [0.15, 0.2) is 6.61 Å². The zero-order valence-corrected chi connectivity index (χ0v) is 18.9. The van der Waals surface area contributed by atoms with Crippen molar-refractivity contribution < 1.29 is 27.5 Å². The Morgan fingerprint density at radius 1 is 0.943 bits per heavy atom. The monoisotopic (exact) mass is 486 g/mol. The molecule has 7 nitrogen and oxygen atoms in total. The number of piperazine rings is 1. The zero-order valence-electron chi connectivity index (χ0n) is 18.9. The van der Waals surface area contributed by atoms with E-state index in [1.165, 1.54) is 6.07 Å². The van der Waals surface area contributed by atoms with Gasteiger partial charge in [-0.15, -0.1) is 0 Å². The molecule has 0 atom stereocenters. The highest BCUT2D eigenvalue weighted by molar-refractivity contribution is 5.81. The largest absolute Gasteiger partial charge is 0.456 e. The van der Waals surface area contributed by atoms with Crippen molar-refractivity contribution in [3.63, 3.8) is 0 Å². The number of esters is 1. The molecule has 0 aliphatic carbocycles. The van der Waals surface area contributed by atoms with Crippen molar-refractivity contribution in [2.45, 2.75) is 19.0 Å². The molecule has 2 aromatic carbocycles. The van der Waals surface area contributed by atoms with E-state index in [0.29, 0.717) is 38.3 Å². The molecule has 1 aliphatic rings. The quantitative estimate of drug-likeness (QED) is 0.477. The summed E-state index contributed by atoms with van der Waals surface area (Å²) in [5.74, 6) is -0.799. The summed E-state index contributed by atoms with van der Waals surface area (Å²) < 4.78 is 45.7. The standard InChI is InChI=1S/C25H25F3N4O3/c26-25(27,28)20-5-4-8-22(15-20)30-11-13-31(14-12-30)23(33)18-35-24(34)10-9-19-16-29-32(17-19)21-6-2-1-3-7-21/h1-8,15-17H,9-14,18H2. The van der Waals surface area contributed by atoms with Gasteiger partial charge in [-0.1, -0.05) is 24.3 Å². The van der Waals surface area contributed by atoms with E-state index in [4.69, 9.17) is 4.74 Å². The summed E-state index contributed by atoms with van der Waals surface area (Å²) in [6.45, 7) is 1.11. The maximum atomic E-state index is 13.0. The van der Waals surface area contributed by atoms with E-state index >= 15 is 0 Å². The average Bonchev–Trinajstić information content (AvgIpc) is 3.35.